The van der Waals surface area contributed by atoms with Crippen LogP contribution in [0.4, 0.5) is 10.3 Å². The van der Waals surface area contributed by atoms with Crippen molar-refractivity contribution < 1.29 is 4.39 Å². The van der Waals surface area contributed by atoms with Crippen molar-refractivity contribution in [3.05, 3.63) is 40.3 Å². The number of halogens is 3. The molecule has 2 rings (SSSR count). The van der Waals surface area contributed by atoms with E-state index in [0.717, 1.165) is 19.2 Å². The average Bonchev–Trinajstić information content (AvgIpc) is 2.38. The Hall–Kier alpha value is -1.39. The Kier molecular flexibility index (Phi) is 4.56. The van der Waals surface area contributed by atoms with Crippen LogP contribution in [0.25, 0.3) is 11.3 Å². The number of hydrogen-bond donors (Lipinski definition) is 1. The lowest BCUT2D eigenvalue weighted by atomic mass is 10.1. The van der Waals surface area contributed by atoms with Crippen LogP contribution >= 0.6 is 23.2 Å². The first-order valence-electron chi connectivity index (χ1n) is 5.83. The van der Waals surface area contributed by atoms with Gasteiger partial charge in [-0.1, -0.05) is 30.1 Å². The fourth-order valence-corrected chi connectivity index (χ4v) is 2.06. The molecule has 0 atom stereocenters. The zero-order valence-corrected chi connectivity index (χ0v) is 11.8. The number of benzene rings is 1. The third kappa shape index (κ3) is 3.33. The maximum atomic E-state index is 13.8. The predicted octanol–water partition coefficient (Wildman–Crippen LogP) is 4.41. The normalized spacial score (nSPS) is 10.5. The first kappa shape index (κ1) is 14.0. The van der Waals surface area contributed by atoms with E-state index in [1.165, 1.54) is 0 Å². The van der Waals surface area contributed by atoms with E-state index >= 15 is 0 Å². The maximum Gasteiger partial charge on any atom is 0.223 e. The fourth-order valence-electron chi connectivity index (χ4n) is 1.56. The van der Waals surface area contributed by atoms with Crippen molar-refractivity contribution in [2.45, 2.75) is 13.3 Å². The molecule has 100 valence electrons. The molecule has 0 aliphatic heterocycles. The largest absolute Gasteiger partial charge is 0.354 e. The molecule has 1 N–H and O–H groups in total. The first-order valence-corrected chi connectivity index (χ1v) is 6.59. The molecule has 0 spiro atoms. The third-order valence-corrected chi connectivity index (χ3v) is 3.01. The van der Waals surface area contributed by atoms with Crippen molar-refractivity contribution in [3.63, 3.8) is 0 Å². The molecule has 0 amide bonds. The van der Waals surface area contributed by atoms with Crippen molar-refractivity contribution in [1.29, 1.82) is 0 Å². The van der Waals surface area contributed by atoms with E-state index in [9.17, 15) is 4.39 Å². The van der Waals surface area contributed by atoms with E-state index in [1.807, 2.05) is 6.92 Å². The molecular formula is C13H12Cl2FN3. The summed E-state index contributed by atoms with van der Waals surface area (Å²) in [6.45, 7) is 2.74. The molecule has 1 aromatic carbocycles. The van der Waals surface area contributed by atoms with Gasteiger partial charge < -0.3 is 5.32 Å². The molecule has 0 aliphatic rings. The molecule has 0 fully saturated rings. The molecule has 1 aromatic heterocycles. The summed E-state index contributed by atoms with van der Waals surface area (Å²) in [6.07, 6.45) is 2.06. The van der Waals surface area contributed by atoms with Crippen molar-refractivity contribution in [3.8, 4) is 11.3 Å². The minimum Gasteiger partial charge on any atom is -0.354 e. The summed E-state index contributed by atoms with van der Waals surface area (Å²) in [4.78, 5) is 8.03. The van der Waals surface area contributed by atoms with Crippen LogP contribution in [0.3, 0.4) is 0 Å². The number of hydrogen-bond acceptors (Lipinski definition) is 3. The van der Waals surface area contributed by atoms with Gasteiger partial charge in [0.2, 0.25) is 5.95 Å². The molecule has 3 nitrogen and oxygen atoms in total. The highest BCUT2D eigenvalue weighted by atomic mass is 35.5. The monoisotopic (exact) mass is 299 g/mol. The standard InChI is InChI=1S/C13H12Cl2FN3/c1-2-5-17-13-18-7-11(16)12(19-13)9-4-3-8(14)6-10(9)15/h3-4,6-7H,2,5H2,1H3,(H,17,18,19). The minimum atomic E-state index is -0.522. The van der Waals surface area contributed by atoms with Crippen LogP contribution < -0.4 is 5.32 Å². The summed E-state index contributed by atoms with van der Waals surface area (Å²) in [7, 11) is 0. The molecular weight excluding hydrogens is 288 g/mol. The second-order valence-electron chi connectivity index (χ2n) is 3.94. The van der Waals surface area contributed by atoms with Gasteiger partial charge in [0.15, 0.2) is 5.82 Å². The Morgan fingerprint density at radius 3 is 2.79 bits per heavy atom. The summed E-state index contributed by atoms with van der Waals surface area (Å²) in [5, 5.41) is 3.85. The van der Waals surface area contributed by atoms with Gasteiger partial charge in [-0.25, -0.2) is 14.4 Å². The molecule has 6 heteroatoms. The average molecular weight is 300 g/mol. The van der Waals surface area contributed by atoms with Crippen LogP contribution in [0, 0.1) is 5.82 Å². The Morgan fingerprint density at radius 2 is 2.11 bits per heavy atom. The van der Waals surface area contributed by atoms with Gasteiger partial charge in [-0.15, -0.1) is 0 Å². The van der Waals surface area contributed by atoms with E-state index in [1.54, 1.807) is 18.2 Å². The summed E-state index contributed by atoms with van der Waals surface area (Å²) in [5.41, 5.74) is 0.654. The van der Waals surface area contributed by atoms with Crippen molar-refractivity contribution >= 4 is 29.2 Å². The second kappa shape index (κ2) is 6.17. The van der Waals surface area contributed by atoms with Gasteiger partial charge >= 0.3 is 0 Å². The van der Waals surface area contributed by atoms with Crippen LogP contribution in [0.2, 0.25) is 10.0 Å². The molecule has 0 saturated carbocycles. The Bertz CT molecular complexity index is 590. The lowest BCUT2D eigenvalue weighted by Crippen LogP contribution is -2.05. The van der Waals surface area contributed by atoms with Crippen LogP contribution in [0.1, 0.15) is 13.3 Å². The zero-order chi connectivity index (χ0) is 13.8. The molecule has 1 heterocycles. The van der Waals surface area contributed by atoms with Crippen molar-refractivity contribution in [2.75, 3.05) is 11.9 Å². The Labute approximate surface area is 120 Å². The van der Waals surface area contributed by atoms with Crippen molar-refractivity contribution in [2.24, 2.45) is 0 Å². The zero-order valence-electron chi connectivity index (χ0n) is 10.3. The van der Waals surface area contributed by atoms with E-state index < -0.39 is 5.82 Å². The Morgan fingerprint density at radius 1 is 1.32 bits per heavy atom. The quantitative estimate of drug-likeness (QED) is 0.908. The van der Waals surface area contributed by atoms with Crippen LogP contribution in [-0.2, 0) is 0 Å². The summed E-state index contributed by atoms with van der Waals surface area (Å²) < 4.78 is 13.8. The van der Waals surface area contributed by atoms with Crippen LogP contribution in [0.15, 0.2) is 24.4 Å². The highest BCUT2D eigenvalue weighted by Crippen LogP contribution is 2.30. The highest BCUT2D eigenvalue weighted by Gasteiger charge is 2.12. The fraction of sp³-hybridized carbons (Fsp3) is 0.231. The van der Waals surface area contributed by atoms with Gasteiger partial charge in [0, 0.05) is 17.1 Å². The van der Waals surface area contributed by atoms with E-state index in [0.29, 0.717) is 21.6 Å². The van der Waals surface area contributed by atoms with Gasteiger partial charge in [-0.2, -0.15) is 0 Å². The smallest absolute Gasteiger partial charge is 0.223 e. The molecule has 0 radical (unpaired) electrons. The van der Waals surface area contributed by atoms with Gasteiger partial charge in [0.05, 0.1) is 11.2 Å². The predicted molar refractivity (Wildman–Crippen MR) is 76.2 cm³/mol. The molecule has 0 saturated heterocycles. The molecule has 0 aliphatic carbocycles. The molecule has 0 bridgehead atoms. The highest BCUT2D eigenvalue weighted by molar-refractivity contribution is 6.36. The number of anilines is 1. The number of nitrogens with zero attached hydrogens (tertiary/aromatic N) is 2. The van der Waals surface area contributed by atoms with E-state index in [-0.39, 0.29) is 5.69 Å². The number of aromatic nitrogens is 2. The van der Waals surface area contributed by atoms with Gasteiger partial charge in [-0.05, 0) is 24.6 Å². The van der Waals surface area contributed by atoms with Crippen LogP contribution in [-0.4, -0.2) is 16.5 Å². The Balaban J connectivity index is 2.42. The third-order valence-electron chi connectivity index (χ3n) is 2.46. The topological polar surface area (TPSA) is 37.8 Å². The van der Waals surface area contributed by atoms with Crippen LogP contribution in [0.5, 0.6) is 0 Å². The molecule has 2 aromatic rings. The van der Waals surface area contributed by atoms with Gasteiger partial charge in [0.1, 0.15) is 5.69 Å². The molecule has 19 heavy (non-hydrogen) atoms. The maximum absolute atomic E-state index is 13.8. The number of rotatable bonds is 4. The number of nitrogens with one attached hydrogen (secondary N) is 1. The lowest BCUT2D eigenvalue weighted by Gasteiger charge is -2.08. The second-order valence-corrected chi connectivity index (χ2v) is 4.78. The van der Waals surface area contributed by atoms with Gasteiger partial charge in [0.25, 0.3) is 0 Å². The van der Waals surface area contributed by atoms with E-state index in [2.05, 4.69) is 15.3 Å². The summed E-state index contributed by atoms with van der Waals surface area (Å²) >= 11 is 11.9. The minimum absolute atomic E-state index is 0.162. The van der Waals surface area contributed by atoms with E-state index in [4.69, 9.17) is 23.2 Å². The SMILES string of the molecule is CCCNc1ncc(F)c(-c2ccc(Cl)cc2Cl)n1. The first-order chi connectivity index (χ1) is 9.11. The van der Waals surface area contributed by atoms with Crippen molar-refractivity contribution in [1.82, 2.24) is 9.97 Å². The summed E-state index contributed by atoms with van der Waals surface area (Å²) in [5.74, 6) is -0.143. The summed E-state index contributed by atoms with van der Waals surface area (Å²) in [6, 6.07) is 4.84. The van der Waals surface area contributed by atoms with Gasteiger partial charge in [-0.3, -0.25) is 0 Å². The lowest BCUT2D eigenvalue weighted by molar-refractivity contribution is 0.618. The molecule has 0 unspecified atom stereocenters.